The molecule has 8 heteroatoms. The molecular formula is C8H11ClN2O3S2. The average molecular weight is 283 g/mol. The number of piperidine rings is 1. The van der Waals surface area contributed by atoms with Gasteiger partial charge in [0, 0.05) is 13.1 Å². The van der Waals surface area contributed by atoms with E-state index < -0.39 is 16.1 Å². The standard InChI is InChI=1S/C8H11ClN2O3S2/c9-8-10-4-7(15-8)16(13,14)11-3-1-2-6(12)5-11/h4,6,12H,1-3,5H2/t6-/m0/s1. The fraction of sp³-hybridized carbons (Fsp3) is 0.625. The molecule has 1 aromatic heterocycles. The van der Waals surface area contributed by atoms with E-state index >= 15 is 0 Å². The van der Waals surface area contributed by atoms with Gasteiger partial charge in [0.05, 0.1) is 12.3 Å². The van der Waals surface area contributed by atoms with E-state index in [0.29, 0.717) is 19.4 Å². The molecule has 1 atom stereocenters. The maximum Gasteiger partial charge on any atom is 0.254 e. The molecule has 16 heavy (non-hydrogen) atoms. The summed E-state index contributed by atoms with van der Waals surface area (Å²) in [5.74, 6) is 0. The van der Waals surface area contributed by atoms with Crippen molar-refractivity contribution in [2.45, 2.75) is 23.2 Å². The quantitative estimate of drug-likeness (QED) is 0.876. The molecule has 0 saturated carbocycles. The number of hydrogen-bond acceptors (Lipinski definition) is 5. The van der Waals surface area contributed by atoms with Crippen molar-refractivity contribution in [2.24, 2.45) is 0 Å². The molecule has 90 valence electrons. The molecule has 1 fully saturated rings. The zero-order valence-corrected chi connectivity index (χ0v) is 10.7. The van der Waals surface area contributed by atoms with Crippen molar-refractivity contribution < 1.29 is 13.5 Å². The Kier molecular flexibility index (Phi) is 3.50. The summed E-state index contributed by atoms with van der Waals surface area (Å²) < 4.78 is 25.8. The summed E-state index contributed by atoms with van der Waals surface area (Å²) in [6.45, 7) is 0.590. The number of sulfonamides is 1. The smallest absolute Gasteiger partial charge is 0.254 e. The summed E-state index contributed by atoms with van der Waals surface area (Å²) in [5.41, 5.74) is 0. The van der Waals surface area contributed by atoms with Gasteiger partial charge in [0.2, 0.25) is 0 Å². The van der Waals surface area contributed by atoms with E-state index in [4.69, 9.17) is 11.6 Å². The molecule has 1 N–H and O–H groups in total. The fourth-order valence-electron chi connectivity index (χ4n) is 1.62. The van der Waals surface area contributed by atoms with Crippen molar-refractivity contribution in [3.63, 3.8) is 0 Å². The van der Waals surface area contributed by atoms with Gasteiger partial charge in [-0.3, -0.25) is 0 Å². The van der Waals surface area contributed by atoms with Crippen LogP contribution in [0.5, 0.6) is 0 Å². The van der Waals surface area contributed by atoms with E-state index in [0.717, 1.165) is 11.3 Å². The van der Waals surface area contributed by atoms with Crippen molar-refractivity contribution in [3.8, 4) is 0 Å². The van der Waals surface area contributed by atoms with E-state index in [-0.39, 0.29) is 15.2 Å². The topological polar surface area (TPSA) is 70.5 Å². The zero-order valence-electron chi connectivity index (χ0n) is 8.34. The van der Waals surface area contributed by atoms with E-state index in [2.05, 4.69) is 4.98 Å². The lowest BCUT2D eigenvalue weighted by molar-refractivity contribution is 0.108. The Labute approximate surface area is 103 Å². The Balaban J connectivity index is 2.25. The van der Waals surface area contributed by atoms with Gasteiger partial charge in [0.1, 0.15) is 0 Å². The lowest BCUT2D eigenvalue weighted by atomic mass is 10.1. The van der Waals surface area contributed by atoms with Gasteiger partial charge >= 0.3 is 0 Å². The van der Waals surface area contributed by atoms with Crippen molar-refractivity contribution in [1.82, 2.24) is 9.29 Å². The first-order valence-electron chi connectivity index (χ1n) is 4.79. The average Bonchev–Trinajstić information content (AvgIpc) is 2.65. The molecular weight excluding hydrogens is 272 g/mol. The van der Waals surface area contributed by atoms with Crippen LogP contribution in [-0.2, 0) is 10.0 Å². The zero-order chi connectivity index (χ0) is 11.8. The van der Waals surface area contributed by atoms with Crippen molar-refractivity contribution >= 4 is 33.0 Å². The summed E-state index contributed by atoms with van der Waals surface area (Å²) in [5, 5.41) is 9.45. The molecule has 0 aromatic carbocycles. The van der Waals surface area contributed by atoms with Crippen LogP contribution in [0.4, 0.5) is 0 Å². The normalized spacial score (nSPS) is 23.5. The molecule has 0 unspecified atom stereocenters. The van der Waals surface area contributed by atoms with Crippen LogP contribution in [-0.4, -0.2) is 42.0 Å². The molecule has 0 bridgehead atoms. The minimum absolute atomic E-state index is 0.131. The number of aromatic nitrogens is 1. The Morgan fingerprint density at radius 3 is 2.94 bits per heavy atom. The summed E-state index contributed by atoms with van der Waals surface area (Å²) in [6, 6.07) is 0. The number of aliphatic hydroxyl groups is 1. The number of β-amino-alcohol motifs (C(OH)–C–C–N with tert-alkyl or cyclic N) is 1. The van der Waals surface area contributed by atoms with Gasteiger partial charge in [0.25, 0.3) is 10.0 Å². The Hall–Kier alpha value is -0.210. The third kappa shape index (κ3) is 2.38. The lowest BCUT2D eigenvalue weighted by Crippen LogP contribution is -2.41. The van der Waals surface area contributed by atoms with E-state index in [1.54, 1.807) is 0 Å². The van der Waals surface area contributed by atoms with Crippen LogP contribution in [0, 0.1) is 0 Å². The second-order valence-corrected chi connectivity index (χ2v) is 7.37. The van der Waals surface area contributed by atoms with Gasteiger partial charge in [-0.25, -0.2) is 13.4 Å². The highest BCUT2D eigenvalue weighted by Crippen LogP contribution is 2.27. The van der Waals surface area contributed by atoms with Gasteiger partial charge in [-0.15, -0.1) is 0 Å². The van der Waals surface area contributed by atoms with Gasteiger partial charge < -0.3 is 5.11 Å². The molecule has 0 spiro atoms. The molecule has 0 amide bonds. The van der Waals surface area contributed by atoms with Gasteiger partial charge in [-0.2, -0.15) is 4.31 Å². The van der Waals surface area contributed by atoms with Gasteiger partial charge in [0.15, 0.2) is 8.68 Å². The fourth-order valence-corrected chi connectivity index (χ4v) is 4.59. The van der Waals surface area contributed by atoms with Crippen molar-refractivity contribution in [3.05, 3.63) is 10.7 Å². The molecule has 5 nitrogen and oxygen atoms in total. The highest BCUT2D eigenvalue weighted by molar-refractivity contribution is 7.91. The third-order valence-electron chi connectivity index (χ3n) is 2.41. The van der Waals surface area contributed by atoms with Crippen LogP contribution in [0.2, 0.25) is 4.47 Å². The predicted molar refractivity (Wildman–Crippen MR) is 61.1 cm³/mol. The van der Waals surface area contributed by atoms with Crippen LogP contribution in [0.3, 0.4) is 0 Å². The molecule has 1 saturated heterocycles. The first kappa shape index (κ1) is 12.3. The summed E-state index contributed by atoms with van der Waals surface area (Å²) >= 11 is 6.54. The lowest BCUT2D eigenvalue weighted by Gasteiger charge is -2.28. The number of halogens is 1. The molecule has 0 aliphatic carbocycles. The van der Waals surface area contributed by atoms with Crippen LogP contribution < -0.4 is 0 Å². The number of hydrogen-bond donors (Lipinski definition) is 1. The number of thiazole rings is 1. The van der Waals surface area contributed by atoms with E-state index in [9.17, 15) is 13.5 Å². The summed E-state index contributed by atoms with van der Waals surface area (Å²) in [6.07, 6.45) is 2.00. The molecule has 1 aliphatic rings. The highest BCUT2D eigenvalue weighted by Gasteiger charge is 2.30. The van der Waals surface area contributed by atoms with Crippen LogP contribution in [0.1, 0.15) is 12.8 Å². The monoisotopic (exact) mass is 282 g/mol. The predicted octanol–water partition coefficient (Wildman–Crippen LogP) is 0.942. The summed E-state index contributed by atoms with van der Waals surface area (Å²) in [7, 11) is -3.53. The maximum atomic E-state index is 12.1. The minimum atomic E-state index is -3.53. The van der Waals surface area contributed by atoms with E-state index in [1.165, 1.54) is 10.5 Å². The Bertz CT molecular complexity index is 473. The summed E-state index contributed by atoms with van der Waals surface area (Å²) in [4.78, 5) is 3.71. The molecule has 2 heterocycles. The number of rotatable bonds is 2. The number of aliphatic hydroxyl groups excluding tert-OH is 1. The maximum absolute atomic E-state index is 12.1. The van der Waals surface area contributed by atoms with Gasteiger partial charge in [-0.05, 0) is 12.8 Å². The SMILES string of the molecule is O=S(=O)(c1cnc(Cl)s1)N1CCC[C@H](O)C1. The second kappa shape index (κ2) is 4.58. The first-order chi connectivity index (χ1) is 7.50. The Morgan fingerprint density at radius 2 is 2.38 bits per heavy atom. The first-order valence-corrected chi connectivity index (χ1v) is 7.43. The van der Waals surface area contributed by atoms with Gasteiger partial charge in [-0.1, -0.05) is 22.9 Å². The largest absolute Gasteiger partial charge is 0.392 e. The molecule has 1 aromatic rings. The highest BCUT2D eigenvalue weighted by atomic mass is 35.5. The third-order valence-corrected chi connectivity index (χ3v) is 5.83. The second-order valence-electron chi connectivity index (χ2n) is 3.59. The minimum Gasteiger partial charge on any atom is -0.392 e. The van der Waals surface area contributed by atoms with Crippen LogP contribution in [0.15, 0.2) is 10.4 Å². The van der Waals surface area contributed by atoms with Crippen molar-refractivity contribution in [1.29, 1.82) is 0 Å². The van der Waals surface area contributed by atoms with Crippen molar-refractivity contribution in [2.75, 3.05) is 13.1 Å². The number of nitrogens with zero attached hydrogens (tertiary/aromatic N) is 2. The van der Waals surface area contributed by atoms with Crippen LogP contribution >= 0.6 is 22.9 Å². The van der Waals surface area contributed by atoms with E-state index in [1.807, 2.05) is 0 Å². The molecule has 2 rings (SSSR count). The van der Waals surface area contributed by atoms with Crippen LogP contribution in [0.25, 0.3) is 0 Å². The Morgan fingerprint density at radius 1 is 1.62 bits per heavy atom. The molecule has 0 radical (unpaired) electrons. The molecule has 1 aliphatic heterocycles.